The highest BCUT2D eigenvalue weighted by Gasteiger charge is 2.52. The number of methoxy groups -OCH3 is 1. The average molecular weight is 468 g/mol. The van der Waals surface area contributed by atoms with Crippen LogP contribution in [-0.4, -0.2) is 77.8 Å². The molecule has 34 heavy (non-hydrogen) atoms. The zero-order chi connectivity index (χ0) is 24.8. The number of fused-ring (bicyclic) bond motifs is 2. The Hall–Kier alpha value is -2.06. The molecule has 0 saturated carbocycles. The lowest BCUT2D eigenvalue weighted by Gasteiger charge is -2.41. The summed E-state index contributed by atoms with van der Waals surface area (Å²) >= 11 is 0. The summed E-state index contributed by atoms with van der Waals surface area (Å²) in [4.78, 5) is 13.7. The van der Waals surface area contributed by atoms with Gasteiger partial charge in [0.05, 0.1) is 19.5 Å². The van der Waals surface area contributed by atoms with Crippen LogP contribution in [0.5, 0.6) is 5.75 Å². The second-order valence-electron chi connectivity index (χ2n) is 10.8. The molecule has 2 atom stereocenters. The van der Waals surface area contributed by atoms with Crippen molar-refractivity contribution in [2.24, 2.45) is 15.9 Å². The van der Waals surface area contributed by atoms with E-state index in [-0.39, 0.29) is 5.44 Å². The zero-order valence-electron chi connectivity index (χ0n) is 22.4. The van der Waals surface area contributed by atoms with Gasteiger partial charge in [-0.1, -0.05) is 33.1 Å². The molecule has 2 heterocycles. The average Bonchev–Trinajstić information content (AvgIpc) is 3.08. The maximum Gasteiger partial charge on any atom is 0.223 e. The number of nitrogens with one attached hydrogen (secondary N) is 2. The van der Waals surface area contributed by atoms with E-state index in [1.54, 1.807) is 13.3 Å². The number of nitrogens with zero attached hydrogens (tertiary/aromatic N) is 4. The molecular formula is C26H45BN6O. The van der Waals surface area contributed by atoms with Crippen LogP contribution < -0.4 is 20.3 Å². The van der Waals surface area contributed by atoms with Gasteiger partial charge in [-0.25, -0.2) is 9.98 Å². The van der Waals surface area contributed by atoms with Gasteiger partial charge in [0.1, 0.15) is 5.75 Å². The zero-order valence-corrected chi connectivity index (χ0v) is 22.4. The smallest absolute Gasteiger partial charge is 0.223 e. The Balaban J connectivity index is 1.66. The van der Waals surface area contributed by atoms with Crippen molar-refractivity contribution in [1.29, 1.82) is 0 Å². The molecule has 0 aliphatic carbocycles. The summed E-state index contributed by atoms with van der Waals surface area (Å²) in [6, 6.07) is 6.22. The van der Waals surface area contributed by atoms with E-state index in [2.05, 4.69) is 72.5 Å². The fourth-order valence-electron chi connectivity index (χ4n) is 5.70. The first kappa shape index (κ1) is 26.5. The van der Waals surface area contributed by atoms with Crippen LogP contribution in [0.15, 0.2) is 28.2 Å². The minimum Gasteiger partial charge on any atom is -0.494 e. The third kappa shape index (κ3) is 6.33. The highest BCUT2D eigenvalue weighted by molar-refractivity contribution is 6.46. The fraction of sp³-hybridized carbons (Fsp3) is 0.692. The van der Waals surface area contributed by atoms with Gasteiger partial charge in [-0.15, -0.1) is 0 Å². The van der Waals surface area contributed by atoms with Crippen LogP contribution in [0.25, 0.3) is 0 Å². The van der Waals surface area contributed by atoms with E-state index in [9.17, 15) is 0 Å². The first-order valence-electron chi connectivity index (χ1n) is 12.8. The monoisotopic (exact) mass is 468 g/mol. The molecule has 0 spiro atoms. The lowest BCUT2D eigenvalue weighted by molar-refractivity contribution is 0.356. The summed E-state index contributed by atoms with van der Waals surface area (Å²) in [5, 5.41) is 7.71. The fourth-order valence-corrected chi connectivity index (χ4v) is 5.70. The molecular weight excluding hydrogens is 423 g/mol. The van der Waals surface area contributed by atoms with E-state index in [1.165, 1.54) is 39.4 Å². The molecule has 0 amide bonds. The van der Waals surface area contributed by atoms with E-state index in [1.807, 2.05) is 13.0 Å². The highest BCUT2D eigenvalue weighted by atomic mass is 16.5. The standard InChI is InChI=1S/C26H45BN6O/c1-8-28-24(29-19-30-26-13-9-12-25(27-26,14-15-26)20(2)3)31-22-11-10-21(18-23(22)34-7)33(6)17-16-32(4)5/h8,10-11,18,20,27,30H,9,12-17,19H2,1-7H3,(H,29,31)/b28-8-. The summed E-state index contributed by atoms with van der Waals surface area (Å²) < 4.78 is 5.69. The largest absolute Gasteiger partial charge is 0.494 e. The van der Waals surface area contributed by atoms with Crippen molar-refractivity contribution < 1.29 is 4.74 Å². The van der Waals surface area contributed by atoms with E-state index in [0.717, 1.165) is 36.1 Å². The molecule has 2 bridgehead atoms. The maximum absolute atomic E-state index is 5.69. The van der Waals surface area contributed by atoms with Crippen molar-refractivity contribution in [3.8, 4) is 5.75 Å². The van der Waals surface area contributed by atoms with E-state index in [4.69, 9.17) is 9.73 Å². The Morgan fingerprint density at radius 2 is 1.97 bits per heavy atom. The minimum atomic E-state index is 0.240. The topological polar surface area (TPSA) is 64.5 Å². The van der Waals surface area contributed by atoms with Crippen molar-refractivity contribution in [2.45, 2.75) is 63.6 Å². The Bertz CT molecular complexity index is 873. The van der Waals surface area contributed by atoms with Gasteiger partial charge in [0.25, 0.3) is 0 Å². The summed E-state index contributed by atoms with van der Waals surface area (Å²) in [6.45, 7) is 9.22. The Morgan fingerprint density at radius 3 is 2.65 bits per heavy atom. The van der Waals surface area contributed by atoms with Gasteiger partial charge in [-0.2, -0.15) is 0 Å². The minimum absolute atomic E-state index is 0.240. The molecule has 1 aromatic rings. The number of rotatable bonds is 10. The Morgan fingerprint density at radius 1 is 1.18 bits per heavy atom. The second-order valence-corrected chi connectivity index (χ2v) is 10.8. The lowest BCUT2D eigenvalue weighted by Crippen LogP contribution is -2.52. The van der Waals surface area contributed by atoms with Gasteiger partial charge < -0.3 is 19.9 Å². The molecule has 0 aromatic heterocycles. The number of hydrogen-bond acceptors (Lipinski definition) is 5. The third-order valence-electron chi connectivity index (χ3n) is 8.04. The van der Waals surface area contributed by atoms with Crippen LogP contribution in [-0.2, 0) is 0 Å². The SMILES string of the molecule is C/C=N\C(=N/CNC12BC(C(C)C)(CCC1)CC2)Nc1ccc(N(C)CCN(C)C)cc1OC. The number of anilines is 2. The quantitative estimate of drug-likeness (QED) is 0.309. The van der Waals surface area contributed by atoms with Crippen LogP contribution in [0.1, 0.15) is 52.9 Å². The van der Waals surface area contributed by atoms with Crippen LogP contribution in [0.2, 0.25) is 5.31 Å². The number of ether oxygens (including phenoxy) is 1. The van der Waals surface area contributed by atoms with Gasteiger partial charge in [0.15, 0.2) is 7.28 Å². The van der Waals surface area contributed by atoms with Gasteiger partial charge in [0.2, 0.25) is 5.96 Å². The van der Waals surface area contributed by atoms with Crippen LogP contribution in [0.4, 0.5) is 11.4 Å². The predicted molar refractivity (Wildman–Crippen MR) is 149 cm³/mol. The van der Waals surface area contributed by atoms with Crippen molar-refractivity contribution in [3.05, 3.63) is 18.2 Å². The van der Waals surface area contributed by atoms with Gasteiger partial charge in [-0.3, -0.25) is 5.32 Å². The molecule has 188 valence electrons. The van der Waals surface area contributed by atoms with Crippen molar-refractivity contribution in [2.75, 3.05) is 58.2 Å². The predicted octanol–water partition coefficient (Wildman–Crippen LogP) is 4.02. The summed E-state index contributed by atoms with van der Waals surface area (Å²) in [6.07, 6.45) is 8.33. The molecule has 7 nitrogen and oxygen atoms in total. The number of hydrogen-bond donors (Lipinski definition) is 2. The molecule has 2 unspecified atom stereocenters. The molecule has 2 N–H and O–H groups in total. The first-order chi connectivity index (χ1) is 16.2. The van der Waals surface area contributed by atoms with Crippen LogP contribution >= 0.6 is 0 Å². The molecule has 2 fully saturated rings. The molecule has 8 heteroatoms. The molecule has 1 aromatic carbocycles. The molecule has 0 radical (unpaired) electrons. The van der Waals surface area contributed by atoms with E-state index >= 15 is 0 Å². The highest BCUT2D eigenvalue weighted by Crippen LogP contribution is 2.57. The number of benzene rings is 1. The summed E-state index contributed by atoms with van der Waals surface area (Å²) in [5.74, 6) is 2.13. The number of likely N-dealkylation sites (N-methyl/N-ethyl adjacent to an activating group) is 2. The third-order valence-corrected chi connectivity index (χ3v) is 8.04. The lowest BCUT2D eigenvalue weighted by atomic mass is 9.39. The van der Waals surface area contributed by atoms with Crippen molar-refractivity contribution >= 4 is 30.8 Å². The van der Waals surface area contributed by atoms with E-state index in [0.29, 0.717) is 17.9 Å². The second kappa shape index (κ2) is 11.6. The molecule has 2 aliphatic rings. The van der Waals surface area contributed by atoms with Gasteiger partial charge >= 0.3 is 0 Å². The first-order valence-corrected chi connectivity index (χ1v) is 12.8. The Labute approximate surface area is 207 Å². The summed E-state index contributed by atoms with van der Waals surface area (Å²) in [7, 11) is 9.27. The number of aliphatic imine (C=N–C) groups is 2. The van der Waals surface area contributed by atoms with Gasteiger partial charge in [0, 0.05) is 38.1 Å². The van der Waals surface area contributed by atoms with Crippen LogP contribution in [0, 0.1) is 5.92 Å². The Kier molecular flexibility index (Phi) is 9.04. The van der Waals surface area contributed by atoms with Crippen molar-refractivity contribution in [3.63, 3.8) is 0 Å². The van der Waals surface area contributed by atoms with Crippen LogP contribution in [0.3, 0.4) is 0 Å². The normalized spacial score (nSPS) is 24.7. The van der Waals surface area contributed by atoms with Gasteiger partial charge in [-0.05, 0) is 62.7 Å². The number of guanidine groups is 1. The maximum atomic E-state index is 5.69. The molecule has 2 saturated heterocycles. The van der Waals surface area contributed by atoms with Crippen molar-refractivity contribution in [1.82, 2.24) is 10.2 Å². The molecule has 3 rings (SSSR count). The summed E-state index contributed by atoms with van der Waals surface area (Å²) in [5.41, 5.74) is 2.23. The van der Waals surface area contributed by atoms with E-state index < -0.39 is 0 Å². The molecule has 2 aliphatic heterocycles.